The van der Waals surface area contributed by atoms with Crippen LogP contribution in [0.4, 0.5) is 5.69 Å². The van der Waals surface area contributed by atoms with E-state index in [0.29, 0.717) is 16.3 Å². The van der Waals surface area contributed by atoms with Crippen molar-refractivity contribution in [2.75, 3.05) is 18.1 Å². The van der Waals surface area contributed by atoms with E-state index in [1.807, 2.05) is 18.2 Å². The number of amides is 1. The second-order valence-corrected chi connectivity index (χ2v) is 8.23. The zero-order valence-electron chi connectivity index (χ0n) is 13.2. The van der Waals surface area contributed by atoms with E-state index >= 15 is 0 Å². The van der Waals surface area contributed by atoms with E-state index in [2.05, 4.69) is 10.0 Å². The van der Waals surface area contributed by atoms with Crippen molar-refractivity contribution in [1.29, 1.82) is 0 Å². The molecule has 0 atom stereocenters. The second kappa shape index (κ2) is 8.02. The van der Waals surface area contributed by atoms with Gasteiger partial charge in [-0.3, -0.25) is 4.79 Å². The van der Waals surface area contributed by atoms with Crippen LogP contribution in [0.2, 0.25) is 5.02 Å². The number of nitrogens with one attached hydrogen (secondary N) is 2. The summed E-state index contributed by atoms with van der Waals surface area (Å²) in [6.45, 7) is 1.70. The first kappa shape index (κ1) is 18.8. The number of aryl methyl sites for hydroxylation is 1. The number of halogens is 1. The Kier molecular flexibility index (Phi) is 6.28. The molecular weight excluding hydrogens is 368 g/mol. The quantitative estimate of drug-likeness (QED) is 0.749. The number of benzene rings is 2. The van der Waals surface area contributed by atoms with Gasteiger partial charge < -0.3 is 5.32 Å². The maximum Gasteiger partial charge on any atom is 0.240 e. The predicted octanol–water partition coefficient (Wildman–Crippen LogP) is 3.29. The van der Waals surface area contributed by atoms with Crippen LogP contribution in [0.3, 0.4) is 0 Å². The van der Waals surface area contributed by atoms with Crippen molar-refractivity contribution in [3.05, 3.63) is 53.1 Å². The van der Waals surface area contributed by atoms with Crippen molar-refractivity contribution in [3.8, 4) is 0 Å². The molecule has 0 spiro atoms. The third-order valence-electron chi connectivity index (χ3n) is 3.23. The monoisotopic (exact) mass is 384 g/mol. The third kappa shape index (κ3) is 4.73. The van der Waals surface area contributed by atoms with Gasteiger partial charge in [-0.25, -0.2) is 13.1 Å². The summed E-state index contributed by atoms with van der Waals surface area (Å²) in [5.41, 5.74) is 1.03. The summed E-state index contributed by atoms with van der Waals surface area (Å²) in [6, 6.07) is 12.0. The lowest BCUT2D eigenvalue weighted by Gasteiger charge is -2.10. The fraction of sp³-hybridized carbons (Fsp3) is 0.188. The molecular formula is C16H17ClN2O3S2. The van der Waals surface area contributed by atoms with Crippen LogP contribution in [0.25, 0.3) is 0 Å². The molecule has 0 unspecified atom stereocenters. The number of carbonyl (C=O) groups excluding carboxylic acids is 1. The largest absolute Gasteiger partial charge is 0.325 e. The number of hydrogen-bond acceptors (Lipinski definition) is 4. The molecule has 0 aliphatic heterocycles. The SMILES string of the molecule is CNS(=O)(=O)c1cc(NC(=O)CSc2ccccc2Cl)ccc1C. The summed E-state index contributed by atoms with van der Waals surface area (Å²) in [5.74, 6) is -0.0669. The summed E-state index contributed by atoms with van der Waals surface area (Å²) < 4.78 is 26.2. The van der Waals surface area contributed by atoms with Gasteiger partial charge >= 0.3 is 0 Å². The molecule has 0 heterocycles. The van der Waals surface area contributed by atoms with E-state index in [1.165, 1.54) is 24.9 Å². The summed E-state index contributed by atoms with van der Waals surface area (Å²) in [5, 5.41) is 3.29. The van der Waals surface area contributed by atoms with Gasteiger partial charge in [0.1, 0.15) is 0 Å². The van der Waals surface area contributed by atoms with Crippen LogP contribution in [0.5, 0.6) is 0 Å². The molecule has 0 aliphatic carbocycles. The molecule has 1 amide bonds. The molecule has 0 saturated heterocycles. The molecule has 2 N–H and O–H groups in total. The minimum absolute atomic E-state index is 0.140. The van der Waals surface area contributed by atoms with Gasteiger partial charge in [-0.05, 0) is 43.8 Å². The van der Waals surface area contributed by atoms with Crippen molar-refractivity contribution >= 4 is 45.0 Å². The number of thioether (sulfide) groups is 1. The molecule has 0 radical (unpaired) electrons. The van der Waals surface area contributed by atoms with E-state index in [4.69, 9.17) is 11.6 Å². The van der Waals surface area contributed by atoms with Crippen LogP contribution in [-0.4, -0.2) is 27.1 Å². The first-order valence-corrected chi connectivity index (χ1v) is 9.89. The maximum atomic E-state index is 12.1. The zero-order chi connectivity index (χ0) is 17.7. The molecule has 2 aromatic carbocycles. The smallest absolute Gasteiger partial charge is 0.240 e. The second-order valence-electron chi connectivity index (χ2n) is 4.96. The van der Waals surface area contributed by atoms with Crippen molar-refractivity contribution in [3.63, 3.8) is 0 Å². The highest BCUT2D eigenvalue weighted by atomic mass is 35.5. The molecule has 128 valence electrons. The maximum absolute atomic E-state index is 12.1. The van der Waals surface area contributed by atoms with E-state index in [9.17, 15) is 13.2 Å². The van der Waals surface area contributed by atoms with Crippen LogP contribution in [0.1, 0.15) is 5.56 Å². The van der Waals surface area contributed by atoms with E-state index < -0.39 is 10.0 Å². The van der Waals surface area contributed by atoms with Crippen LogP contribution in [0.15, 0.2) is 52.3 Å². The highest BCUT2D eigenvalue weighted by molar-refractivity contribution is 8.00. The van der Waals surface area contributed by atoms with E-state index in [-0.39, 0.29) is 16.6 Å². The van der Waals surface area contributed by atoms with Gasteiger partial charge in [0, 0.05) is 10.6 Å². The number of carbonyl (C=O) groups is 1. The average molecular weight is 385 g/mol. The minimum Gasteiger partial charge on any atom is -0.325 e. The Morgan fingerprint density at radius 2 is 1.92 bits per heavy atom. The molecule has 2 rings (SSSR count). The zero-order valence-corrected chi connectivity index (χ0v) is 15.6. The average Bonchev–Trinajstić information content (AvgIpc) is 2.55. The van der Waals surface area contributed by atoms with E-state index in [1.54, 1.807) is 25.1 Å². The van der Waals surface area contributed by atoms with Gasteiger partial charge in [0.2, 0.25) is 15.9 Å². The van der Waals surface area contributed by atoms with Crippen molar-refractivity contribution in [2.24, 2.45) is 0 Å². The van der Waals surface area contributed by atoms with Gasteiger partial charge in [-0.15, -0.1) is 11.8 Å². The molecule has 0 bridgehead atoms. The number of sulfonamides is 1. The topological polar surface area (TPSA) is 75.3 Å². The van der Waals surface area contributed by atoms with Crippen molar-refractivity contribution in [2.45, 2.75) is 16.7 Å². The number of rotatable bonds is 6. The standard InChI is InChI=1S/C16H17ClN2O3S2/c1-11-7-8-12(9-15(11)24(21,22)18-2)19-16(20)10-23-14-6-4-3-5-13(14)17/h3-9,18H,10H2,1-2H3,(H,19,20). The lowest BCUT2D eigenvalue weighted by atomic mass is 10.2. The highest BCUT2D eigenvalue weighted by Crippen LogP contribution is 2.27. The Bertz CT molecular complexity index is 854. The fourth-order valence-electron chi connectivity index (χ4n) is 1.98. The van der Waals surface area contributed by atoms with Gasteiger partial charge in [-0.2, -0.15) is 0 Å². The molecule has 8 heteroatoms. The summed E-state index contributed by atoms with van der Waals surface area (Å²) >= 11 is 7.36. The fourth-order valence-corrected chi connectivity index (χ4v) is 4.01. The lowest BCUT2D eigenvalue weighted by molar-refractivity contribution is -0.113. The summed E-state index contributed by atoms with van der Waals surface area (Å²) in [7, 11) is -2.22. The molecule has 5 nitrogen and oxygen atoms in total. The molecule has 0 saturated carbocycles. The van der Waals surface area contributed by atoms with Crippen molar-refractivity contribution in [1.82, 2.24) is 4.72 Å². The van der Waals surface area contributed by atoms with E-state index in [0.717, 1.165) is 4.90 Å². The number of hydrogen-bond donors (Lipinski definition) is 2. The summed E-state index contributed by atoms with van der Waals surface area (Å²) in [6.07, 6.45) is 0. The normalized spacial score (nSPS) is 11.3. The Hall–Kier alpha value is -1.54. The van der Waals surface area contributed by atoms with Gasteiger partial charge in [0.05, 0.1) is 15.7 Å². The van der Waals surface area contributed by atoms with Crippen LogP contribution < -0.4 is 10.0 Å². The Morgan fingerprint density at radius 1 is 1.21 bits per heavy atom. The Labute approximate surface area is 150 Å². The molecule has 0 aromatic heterocycles. The Balaban J connectivity index is 2.07. The van der Waals surface area contributed by atoms with Crippen molar-refractivity contribution < 1.29 is 13.2 Å². The number of anilines is 1. The van der Waals surface area contributed by atoms with Crippen LogP contribution in [0, 0.1) is 6.92 Å². The minimum atomic E-state index is -3.57. The first-order chi connectivity index (χ1) is 11.3. The highest BCUT2D eigenvalue weighted by Gasteiger charge is 2.16. The van der Waals surface area contributed by atoms with Gasteiger partial charge in [0.25, 0.3) is 0 Å². The lowest BCUT2D eigenvalue weighted by Crippen LogP contribution is -2.20. The third-order valence-corrected chi connectivity index (χ3v) is 6.30. The van der Waals surface area contributed by atoms with Crippen LogP contribution in [-0.2, 0) is 14.8 Å². The van der Waals surface area contributed by atoms with Gasteiger partial charge in [-0.1, -0.05) is 29.8 Å². The summed E-state index contributed by atoms with van der Waals surface area (Å²) in [4.78, 5) is 13.0. The van der Waals surface area contributed by atoms with Gasteiger partial charge in [0.15, 0.2) is 0 Å². The molecule has 0 aliphatic rings. The predicted molar refractivity (Wildman–Crippen MR) is 98.2 cm³/mol. The Morgan fingerprint density at radius 3 is 2.58 bits per heavy atom. The first-order valence-electron chi connectivity index (χ1n) is 7.05. The van der Waals surface area contributed by atoms with Crippen LogP contribution >= 0.6 is 23.4 Å². The molecule has 0 fully saturated rings. The molecule has 24 heavy (non-hydrogen) atoms. The molecule has 2 aromatic rings.